The van der Waals surface area contributed by atoms with Crippen molar-refractivity contribution in [2.45, 2.75) is 38.6 Å². The van der Waals surface area contributed by atoms with Crippen molar-refractivity contribution in [3.8, 4) is 9.88 Å². The third-order valence-electron chi connectivity index (χ3n) is 5.57. The Labute approximate surface area is 204 Å². The van der Waals surface area contributed by atoms with E-state index in [1.165, 1.54) is 4.88 Å². The minimum atomic E-state index is -0.145. The molecule has 168 valence electrons. The van der Waals surface area contributed by atoms with Crippen molar-refractivity contribution in [1.82, 2.24) is 10.3 Å². The number of nitrogens with one attached hydrogen (secondary N) is 2. The van der Waals surface area contributed by atoms with E-state index in [4.69, 9.17) is 0 Å². The number of hydrogen-bond acceptors (Lipinski definition) is 6. The number of amides is 2. The molecule has 1 aliphatic rings. The van der Waals surface area contributed by atoms with Crippen molar-refractivity contribution in [3.63, 3.8) is 0 Å². The van der Waals surface area contributed by atoms with E-state index in [9.17, 15) is 9.59 Å². The zero-order valence-electron chi connectivity index (χ0n) is 17.9. The molecule has 0 atom stereocenters. The summed E-state index contributed by atoms with van der Waals surface area (Å²) in [4.78, 5) is 33.0. The quantitative estimate of drug-likeness (QED) is 0.336. The minimum absolute atomic E-state index is 0.123. The van der Waals surface area contributed by atoms with E-state index < -0.39 is 0 Å². The van der Waals surface area contributed by atoms with Gasteiger partial charge in [0.15, 0.2) is 0 Å². The monoisotopic (exact) mass is 493 g/mol. The van der Waals surface area contributed by atoms with Gasteiger partial charge in [-0.1, -0.05) is 36.4 Å². The van der Waals surface area contributed by atoms with E-state index in [0.29, 0.717) is 17.1 Å². The summed E-state index contributed by atoms with van der Waals surface area (Å²) in [5.74, 6) is -0.268. The number of thiazole rings is 1. The lowest BCUT2D eigenvalue weighted by atomic mass is 9.95. The highest BCUT2D eigenvalue weighted by Gasteiger charge is 2.26. The summed E-state index contributed by atoms with van der Waals surface area (Å²) in [6.07, 6.45) is 4.23. The first-order chi connectivity index (χ1) is 16.2. The molecule has 0 aliphatic heterocycles. The molecule has 3 aromatic heterocycles. The number of fused-ring (bicyclic) bond motifs is 1. The highest BCUT2D eigenvalue weighted by atomic mass is 32.1. The fourth-order valence-electron chi connectivity index (χ4n) is 4.00. The third-order valence-corrected chi connectivity index (χ3v) is 8.71. The van der Waals surface area contributed by atoms with Crippen LogP contribution in [0.1, 0.15) is 44.9 Å². The molecule has 33 heavy (non-hydrogen) atoms. The van der Waals surface area contributed by atoms with E-state index in [0.717, 1.165) is 52.4 Å². The first-order valence-electron chi connectivity index (χ1n) is 10.9. The van der Waals surface area contributed by atoms with Gasteiger partial charge in [0.05, 0.1) is 22.6 Å². The van der Waals surface area contributed by atoms with Gasteiger partial charge in [0, 0.05) is 16.8 Å². The van der Waals surface area contributed by atoms with Gasteiger partial charge in [-0.25, -0.2) is 4.98 Å². The lowest BCUT2D eigenvalue weighted by molar-refractivity contribution is -0.115. The van der Waals surface area contributed by atoms with Gasteiger partial charge in [0.1, 0.15) is 10.0 Å². The maximum atomic E-state index is 13.2. The van der Waals surface area contributed by atoms with E-state index in [1.807, 2.05) is 53.2 Å². The average Bonchev–Trinajstić information content (AvgIpc) is 3.57. The summed E-state index contributed by atoms with van der Waals surface area (Å²) in [6.45, 7) is 0.460. The van der Waals surface area contributed by atoms with Gasteiger partial charge in [-0.05, 0) is 48.3 Å². The molecule has 0 unspecified atom stereocenters. The van der Waals surface area contributed by atoms with Gasteiger partial charge >= 0.3 is 0 Å². The first-order valence-corrected chi connectivity index (χ1v) is 13.5. The molecule has 1 aromatic carbocycles. The number of hydrogen-bond donors (Lipinski definition) is 2. The van der Waals surface area contributed by atoms with Gasteiger partial charge in [0.2, 0.25) is 5.91 Å². The Morgan fingerprint density at radius 3 is 2.67 bits per heavy atom. The Balaban J connectivity index is 1.31. The van der Waals surface area contributed by atoms with Crippen LogP contribution in [-0.4, -0.2) is 16.8 Å². The number of carbonyl (C=O) groups excluding carboxylic acids is 2. The average molecular weight is 494 g/mol. The number of rotatable bonds is 7. The molecule has 2 N–H and O–H groups in total. The Bertz CT molecular complexity index is 1260. The van der Waals surface area contributed by atoms with Crippen molar-refractivity contribution in [1.29, 1.82) is 0 Å². The highest BCUT2D eigenvalue weighted by Crippen LogP contribution is 2.38. The molecular weight excluding hydrogens is 470 g/mol. The molecule has 0 fully saturated rings. The van der Waals surface area contributed by atoms with E-state index >= 15 is 0 Å². The standard InChI is InChI=1S/C25H23N3O2S3/c29-21(13-17-15-32-24(27-17)20-11-6-12-31-20)28-25-22(18-9-4-5-10-19(18)33-25)23(30)26-14-16-7-2-1-3-8-16/h1-3,6-8,11-12,15H,4-5,9-10,13-14H2,(H,26,30)(H,28,29). The molecule has 5 rings (SSSR count). The number of aryl methyl sites for hydroxylation is 1. The molecule has 5 nitrogen and oxygen atoms in total. The predicted octanol–water partition coefficient (Wildman–Crippen LogP) is 5.92. The number of nitrogens with zero attached hydrogens (tertiary/aromatic N) is 1. The van der Waals surface area contributed by atoms with Crippen LogP contribution < -0.4 is 10.6 Å². The fraction of sp³-hybridized carbons (Fsp3) is 0.240. The van der Waals surface area contributed by atoms with Gasteiger partial charge in [-0.3, -0.25) is 9.59 Å². The van der Waals surface area contributed by atoms with Crippen molar-refractivity contribution in [3.05, 3.63) is 80.5 Å². The second-order valence-electron chi connectivity index (χ2n) is 7.93. The topological polar surface area (TPSA) is 71.1 Å². The smallest absolute Gasteiger partial charge is 0.254 e. The Morgan fingerprint density at radius 1 is 1.00 bits per heavy atom. The molecule has 4 aromatic rings. The first kappa shape index (κ1) is 22.0. The van der Waals surface area contributed by atoms with Crippen molar-refractivity contribution < 1.29 is 9.59 Å². The summed E-state index contributed by atoms with van der Waals surface area (Å²) < 4.78 is 0. The molecule has 8 heteroatoms. The minimum Gasteiger partial charge on any atom is -0.348 e. The predicted molar refractivity (Wildman–Crippen MR) is 136 cm³/mol. The number of anilines is 1. The van der Waals surface area contributed by atoms with Crippen LogP contribution in [-0.2, 0) is 30.6 Å². The van der Waals surface area contributed by atoms with Crippen molar-refractivity contribution >= 4 is 50.8 Å². The van der Waals surface area contributed by atoms with Crippen LogP contribution in [0.5, 0.6) is 0 Å². The summed E-state index contributed by atoms with van der Waals surface area (Å²) >= 11 is 4.73. The van der Waals surface area contributed by atoms with Gasteiger partial charge in [-0.2, -0.15) is 0 Å². The largest absolute Gasteiger partial charge is 0.348 e. The summed E-state index contributed by atoms with van der Waals surface area (Å²) in [5.41, 5.74) is 3.53. The molecule has 0 radical (unpaired) electrons. The van der Waals surface area contributed by atoms with Crippen LogP contribution in [0.3, 0.4) is 0 Å². The second-order valence-corrected chi connectivity index (χ2v) is 10.8. The molecule has 0 saturated heterocycles. The van der Waals surface area contributed by atoms with E-state index in [-0.39, 0.29) is 18.2 Å². The normalized spacial score (nSPS) is 12.8. The number of thiophene rings is 2. The van der Waals surface area contributed by atoms with Crippen LogP contribution in [0.4, 0.5) is 5.00 Å². The molecule has 3 heterocycles. The maximum Gasteiger partial charge on any atom is 0.254 e. The lowest BCUT2D eigenvalue weighted by Gasteiger charge is -2.13. The van der Waals surface area contributed by atoms with Crippen molar-refractivity contribution in [2.24, 2.45) is 0 Å². The highest BCUT2D eigenvalue weighted by molar-refractivity contribution is 7.20. The number of carbonyl (C=O) groups is 2. The Kier molecular flexibility index (Phi) is 6.66. The van der Waals surface area contributed by atoms with Crippen LogP contribution in [0.25, 0.3) is 9.88 Å². The summed E-state index contributed by atoms with van der Waals surface area (Å²) in [5, 5.41) is 11.6. The zero-order chi connectivity index (χ0) is 22.6. The van der Waals surface area contributed by atoms with Crippen LogP contribution in [0.2, 0.25) is 0 Å². The number of aromatic nitrogens is 1. The van der Waals surface area contributed by atoms with Gasteiger partial charge in [-0.15, -0.1) is 34.0 Å². The Morgan fingerprint density at radius 2 is 1.85 bits per heavy atom. The maximum absolute atomic E-state index is 13.2. The van der Waals surface area contributed by atoms with Crippen LogP contribution in [0, 0.1) is 0 Å². The van der Waals surface area contributed by atoms with Crippen molar-refractivity contribution in [2.75, 3.05) is 5.32 Å². The van der Waals surface area contributed by atoms with E-state index in [1.54, 1.807) is 34.0 Å². The molecular formula is C25H23N3O2S3. The van der Waals surface area contributed by atoms with Gasteiger partial charge in [0.25, 0.3) is 5.91 Å². The number of benzene rings is 1. The fourth-order valence-corrected chi connectivity index (χ4v) is 6.93. The zero-order valence-corrected chi connectivity index (χ0v) is 20.4. The Hall–Kier alpha value is -2.81. The summed E-state index contributed by atoms with van der Waals surface area (Å²) in [6, 6.07) is 13.9. The lowest BCUT2D eigenvalue weighted by Crippen LogP contribution is -2.25. The summed E-state index contributed by atoms with van der Waals surface area (Å²) in [7, 11) is 0. The third kappa shape index (κ3) is 5.08. The molecule has 0 saturated carbocycles. The molecule has 1 aliphatic carbocycles. The van der Waals surface area contributed by atoms with E-state index in [2.05, 4.69) is 15.6 Å². The molecule has 0 spiro atoms. The second kappa shape index (κ2) is 9.99. The molecule has 2 amide bonds. The molecule has 0 bridgehead atoms. The van der Waals surface area contributed by atoms with Crippen LogP contribution >= 0.6 is 34.0 Å². The van der Waals surface area contributed by atoms with Crippen LogP contribution in [0.15, 0.2) is 53.2 Å². The van der Waals surface area contributed by atoms with Gasteiger partial charge < -0.3 is 10.6 Å². The SMILES string of the molecule is O=C(Cc1csc(-c2cccs2)n1)Nc1sc2c(c1C(=O)NCc1ccccc1)CCCC2.